The van der Waals surface area contributed by atoms with E-state index < -0.39 is 12.2 Å². The van der Waals surface area contributed by atoms with E-state index in [9.17, 15) is 10.2 Å². The monoisotopic (exact) mass is 330 g/mol. The van der Waals surface area contributed by atoms with E-state index in [1.807, 2.05) is 0 Å². The summed E-state index contributed by atoms with van der Waals surface area (Å²) in [5, 5.41) is 20.0. The van der Waals surface area contributed by atoms with Crippen molar-refractivity contribution >= 4 is 0 Å². The summed E-state index contributed by atoms with van der Waals surface area (Å²) in [4.78, 5) is 0. The summed E-state index contributed by atoms with van der Waals surface area (Å²) in [5.41, 5.74) is 3.86. The minimum Gasteiger partial charge on any atom is -0.393 e. The van der Waals surface area contributed by atoms with E-state index in [0.717, 1.165) is 23.0 Å². The molecule has 3 rings (SSSR count). The molecule has 0 unspecified atom stereocenters. The van der Waals surface area contributed by atoms with E-state index >= 15 is 0 Å². The highest BCUT2D eigenvalue weighted by atomic mass is 16.3. The molecule has 0 aromatic carbocycles. The van der Waals surface area contributed by atoms with E-state index in [2.05, 4.69) is 39.5 Å². The van der Waals surface area contributed by atoms with Gasteiger partial charge < -0.3 is 10.2 Å². The van der Waals surface area contributed by atoms with Crippen molar-refractivity contribution in [1.29, 1.82) is 0 Å². The van der Waals surface area contributed by atoms with Gasteiger partial charge in [-0.05, 0) is 72.8 Å². The van der Waals surface area contributed by atoms with Crippen LogP contribution in [0.5, 0.6) is 0 Å². The fraction of sp³-hybridized carbons (Fsp3) is 0.727. The number of hydrogen-bond acceptors (Lipinski definition) is 2. The van der Waals surface area contributed by atoms with Gasteiger partial charge in [0.15, 0.2) is 0 Å². The number of rotatable bonds is 2. The second kappa shape index (κ2) is 6.80. The largest absolute Gasteiger partial charge is 0.393 e. The lowest BCUT2D eigenvalue weighted by Crippen LogP contribution is -2.35. The highest BCUT2D eigenvalue weighted by Gasteiger charge is 2.49. The van der Waals surface area contributed by atoms with Crippen LogP contribution in [-0.4, -0.2) is 22.4 Å². The van der Waals surface area contributed by atoms with Crippen molar-refractivity contribution in [3.63, 3.8) is 0 Å². The first kappa shape index (κ1) is 17.9. The molecule has 0 spiro atoms. The van der Waals surface area contributed by atoms with Crippen LogP contribution >= 0.6 is 0 Å². The molecule has 5 atom stereocenters. The summed E-state index contributed by atoms with van der Waals surface area (Å²) in [6.07, 6.45) is 11.0. The SMILES string of the molecule is C=C1/C(=C\C=C2/CCC[C@]3(C)[C@@H](C(C)C)CC[C@@H]23)C[C@H](O)C[C@@H]1O. The zero-order valence-corrected chi connectivity index (χ0v) is 15.6. The van der Waals surface area contributed by atoms with Gasteiger partial charge >= 0.3 is 0 Å². The Balaban J connectivity index is 1.83. The molecule has 24 heavy (non-hydrogen) atoms. The van der Waals surface area contributed by atoms with Gasteiger partial charge in [-0.2, -0.15) is 0 Å². The third-order valence-electron chi connectivity index (χ3n) is 7.11. The Morgan fingerprint density at radius 1 is 1.21 bits per heavy atom. The fourth-order valence-electron chi connectivity index (χ4n) is 5.84. The van der Waals surface area contributed by atoms with E-state index in [1.165, 1.54) is 32.1 Å². The van der Waals surface area contributed by atoms with Crippen LogP contribution in [0, 0.1) is 23.2 Å². The molecule has 3 fully saturated rings. The molecular weight excluding hydrogens is 296 g/mol. The van der Waals surface area contributed by atoms with Crippen LogP contribution in [0.4, 0.5) is 0 Å². The van der Waals surface area contributed by atoms with Crippen molar-refractivity contribution in [1.82, 2.24) is 0 Å². The summed E-state index contributed by atoms with van der Waals surface area (Å²) < 4.78 is 0. The van der Waals surface area contributed by atoms with Crippen LogP contribution < -0.4 is 0 Å². The first-order chi connectivity index (χ1) is 11.3. The molecule has 0 saturated heterocycles. The first-order valence-corrected chi connectivity index (χ1v) is 9.78. The summed E-state index contributed by atoms with van der Waals surface area (Å²) in [5.74, 6) is 2.32. The number of fused-ring (bicyclic) bond motifs is 1. The predicted octanol–water partition coefficient (Wildman–Crippen LogP) is 4.78. The Morgan fingerprint density at radius 3 is 2.67 bits per heavy atom. The van der Waals surface area contributed by atoms with Crippen LogP contribution in [0.2, 0.25) is 0 Å². The average molecular weight is 331 g/mol. The predicted molar refractivity (Wildman–Crippen MR) is 99.6 cm³/mol. The zero-order chi connectivity index (χ0) is 17.5. The molecule has 2 nitrogen and oxygen atoms in total. The molecule has 0 bridgehead atoms. The maximum atomic E-state index is 10.0. The second-order valence-electron chi connectivity index (χ2n) is 8.91. The van der Waals surface area contributed by atoms with E-state index in [4.69, 9.17) is 0 Å². The van der Waals surface area contributed by atoms with Gasteiger partial charge in [0.05, 0.1) is 12.2 Å². The molecule has 0 radical (unpaired) electrons. The summed E-state index contributed by atoms with van der Waals surface area (Å²) >= 11 is 0. The van der Waals surface area contributed by atoms with Crippen LogP contribution in [-0.2, 0) is 0 Å². The third kappa shape index (κ3) is 3.15. The smallest absolute Gasteiger partial charge is 0.0811 e. The lowest BCUT2D eigenvalue weighted by atomic mass is 9.61. The minimum absolute atomic E-state index is 0.420. The highest BCUT2D eigenvalue weighted by molar-refractivity contribution is 5.38. The summed E-state index contributed by atoms with van der Waals surface area (Å²) in [6, 6.07) is 0. The molecule has 0 aliphatic heterocycles. The van der Waals surface area contributed by atoms with Gasteiger partial charge in [-0.3, -0.25) is 0 Å². The average Bonchev–Trinajstić information content (AvgIpc) is 2.87. The Kier molecular flexibility index (Phi) is 5.09. The molecule has 3 saturated carbocycles. The molecule has 3 aliphatic carbocycles. The van der Waals surface area contributed by atoms with Crippen molar-refractivity contribution in [2.45, 2.75) is 77.9 Å². The number of hydrogen-bond donors (Lipinski definition) is 2. The fourth-order valence-corrected chi connectivity index (χ4v) is 5.84. The van der Waals surface area contributed by atoms with Crippen molar-refractivity contribution in [2.24, 2.45) is 23.2 Å². The molecule has 0 aromatic heterocycles. The van der Waals surface area contributed by atoms with Gasteiger partial charge in [-0.15, -0.1) is 0 Å². The Labute approximate surface area is 147 Å². The highest BCUT2D eigenvalue weighted by Crippen LogP contribution is 2.59. The third-order valence-corrected chi connectivity index (χ3v) is 7.11. The van der Waals surface area contributed by atoms with Crippen molar-refractivity contribution in [2.75, 3.05) is 0 Å². The van der Waals surface area contributed by atoms with Gasteiger partial charge in [-0.25, -0.2) is 0 Å². The van der Waals surface area contributed by atoms with E-state index in [0.29, 0.717) is 24.2 Å². The Morgan fingerprint density at radius 2 is 1.96 bits per heavy atom. The molecule has 2 N–H and O–H groups in total. The Hall–Kier alpha value is -0.860. The summed E-state index contributed by atoms with van der Waals surface area (Å²) in [6.45, 7) is 11.3. The van der Waals surface area contributed by atoms with Gasteiger partial charge in [0.1, 0.15) is 0 Å². The number of aliphatic hydroxyl groups is 2. The number of allylic oxidation sites excluding steroid dienone is 3. The van der Waals surface area contributed by atoms with Crippen molar-refractivity contribution in [3.8, 4) is 0 Å². The van der Waals surface area contributed by atoms with Crippen molar-refractivity contribution in [3.05, 3.63) is 35.5 Å². The minimum atomic E-state index is -0.591. The lowest BCUT2D eigenvalue weighted by Gasteiger charge is -2.43. The maximum absolute atomic E-state index is 10.0. The van der Waals surface area contributed by atoms with Crippen LogP contribution in [0.3, 0.4) is 0 Å². The van der Waals surface area contributed by atoms with Gasteiger partial charge in [0, 0.05) is 6.42 Å². The standard InChI is InChI=1S/C22H34O2/c1-14(2)19-9-10-20-16(6-5-11-22(19,20)4)7-8-17-12-18(23)13-21(24)15(17)3/h7-8,14,18-21,23-24H,3,5-6,9-13H2,1-2,4H3/b16-7+,17-8-/t18-,19+,20-,21-,22+/m0/s1. The van der Waals surface area contributed by atoms with Crippen LogP contribution in [0.15, 0.2) is 35.5 Å². The molecule has 2 heteroatoms. The van der Waals surface area contributed by atoms with Crippen LogP contribution in [0.25, 0.3) is 0 Å². The quantitative estimate of drug-likeness (QED) is 0.764. The lowest BCUT2D eigenvalue weighted by molar-refractivity contribution is 0.0862. The van der Waals surface area contributed by atoms with Gasteiger partial charge in [-0.1, -0.05) is 45.1 Å². The van der Waals surface area contributed by atoms with Gasteiger partial charge in [0.25, 0.3) is 0 Å². The van der Waals surface area contributed by atoms with E-state index in [-0.39, 0.29) is 0 Å². The van der Waals surface area contributed by atoms with Gasteiger partial charge in [0.2, 0.25) is 0 Å². The zero-order valence-electron chi connectivity index (χ0n) is 15.6. The second-order valence-corrected chi connectivity index (χ2v) is 8.91. The maximum Gasteiger partial charge on any atom is 0.0811 e. The van der Waals surface area contributed by atoms with Crippen LogP contribution in [0.1, 0.15) is 65.7 Å². The Bertz CT molecular complexity index is 556. The molecule has 0 heterocycles. The molecule has 3 aliphatic rings. The summed E-state index contributed by atoms with van der Waals surface area (Å²) in [7, 11) is 0. The van der Waals surface area contributed by atoms with E-state index in [1.54, 1.807) is 5.57 Å². The molecule has 134 valence electrons. The van der Waals surface area contributed by atoms with Crippen molar-refractivity contribution < 1.29 is 10.2 Å². The molecule has 0 aromatic rings. The number of aliphatic hydroxyl groups excluding tert-OH is 2. The first-order valence-electron chi connectivity index (χ1n) is 9.78. The normalized spacial score (nSPS) is 43.7. The molecular formula is C22H34O2. The molecule has 0 amide bonds. The topological polar surface area (TPSA) is 40.5 Å².